The van der Waals surface area contributed by atoms with Gasteiger partial charge in [0.15, 0.2) is 0 Å². The van der Waals surface area contributed by atoms with Crippen molar-refractivity contribution in [2.45, 2.75) is 6.04 Å². The van der Waals surface area contributed by atoms with Crippen molar-refractivity contribution in [1.82, 2.24) is 14.5 Å². The molecule has 0 aliphatic rings. The lowest BCUT2D eigenvalue weighted by molar-refractivity contribution is 0.679. The molecular weight excluding hydrogens is 353 g/mol. The summed E-state index contributed by atoms with van der Waals surface area (Å²) in [6.07, 6.45) is 9.63. The Morgan fingerprint density at radius 2 is 1.56 bits per heavy atom. The monoisotopic (exact) mass is 367 g/mol. The summed E-state index contributed by atoms with van der Waals surface area (Å²) >= 11 is 12.1. The highest BCUT2D eigenvalue weighted by Gasteiger charge is 2.20. The molecule has 2 aromatic heterocycles. The number of nitrogens with one attached hydrogen (secondary N) is 1. The van der Waals surface area contributed by atoms with Gasteiger partial charge in [-0.1, -0.05) is 47.5 Å². The third kappa shape index (κ3) is 3.21. The lowest BCUT2D eigenvalue weighted by Gasteiger charge is -2.20. The van der Waals surface area contributed by atoms with Crippen LogP contribution in [0.25, 0.3) is 11.1 Å². The van der Waals surface area contributed by atoms with Crippen molar-refractivity contribution in [1.29, 1.82) is 0 Å². The Bertz CT molecular complexity index is 955. The summed E-state index contributed by atoms with van der Waals surface area (Å²) in [5, 5.41) is 1.45. The van der Waals surface area contributed by atoms with Crippen molar-refractivity contribution in [2.75, 3.05) is 0 Å². The van der Waals surface area contributed by atoms with Gasteiger partial charge in [0, 0.05) is 46.0 Å². The maximum Gasteiger partial charge on any atom is 0.0954 e. The average Bonchev–Trinajstić information content (AvgIpc) is 3.30. The number of rotatable bonds is 4. The van der Waals surface area contributed by atoms with Crippen LogP contribution in [0.5, 0.6) is 0 Å². The molecule has 0 bridgehead atoms. The molecule has 2 heterocycles. The molecule has 1 atom stereocenters. The number of hydrogen-bond donors (Lipinski definition) is 1. The first-order chi connectivity index (χ1) is 12.2. The Morgan fingerprint density at radius 1 is 0.880 bits per heavy atom. The highest BCUT2D eigenvalue weighted by Crippen LogP contribution is 2.35. The zero-order valence-corrected chi connectivity index (χ0v) is 14.7. The Labute approximate surface area is 155 Å². The van der Waals surface area contributed by atoms with Gasteiger partial charge in [0.1, 0.15) is 0 Å². The molecule has 0 spiro atoms. The summed E-state index contributed by atoms with van der Waals surface area (Å²) in [6.45, 7) is 0. The van der Waals surface area contributed by atoms with Crippen LogP contribution in [0.15, 0.2) is 79.6 Å². The van der Waals surface area contributed by atoms with Gasteiger partial charge < -0.3 is 9.55 Å². The van der Waals surface area contributed by atoms with E-state index in [1.54, 1.807) is 6.20 Å². The maximum absolute atomic E-state index is 6.07. The fourth-order valence-corrected chi connectivity index (χ4v) is 3.31. The van der Waals surface area contributed by atoms with E-state index in [-0.39, 0.29) is 6.04 Å². The minimum absolute atomic E-state index is 0.00306. The molecule has 2 aromatic carbocycles. The minimum atomic E-state index is -0.00306. The SMILES string of the molecule is Clc1ccc(-c2c[nH]cc2[C@@H](c2ccc(Cl)cc2)n2ccnc2)cc1. The van der Waals surface area contributed by atoms with Gasteiger partial charge in [-0.25, -0.2) is 4.98 Å². The standard InChI is InChI=1S/C20H15Cl2N3/c21-16-5-1-14(2-6-16)18-11-24-12-19(18)20(25-10-9-23-13-25)15-3-7-17(22)8-4-15/h1-13,20,24H/t20-/m1/s1. The molecule has 4 aromatic rings. The van der Waals surface area contributed by atoms with Gasteiger partial charge in [-0.3, -0.25) is 0 Å². The Balaban J connectivity index is 1.85. The van der Waals surface area contributed by atoms with Crippen LogP contribution in [-0.4, -0.2) is 14.5 Å². The van der Waals surface area contributed by atoms with E-state index in [0.717, 1.165) is 32.3 Å². The smallest absolute Gasteiger partial charge is 0.0954 e. The average molecular weight is 368 g/mol. The van der Waals surface area contributed by atoms with Crippen LogP contribution < -0.4 is 0 Å². The molecule has 1 N–H and O–H groups in total. The first kappa shape index (κ1) is 16.0. The summed E-state index contributed by atoms with van der Waals surface area (Å²) in [5.74, 6) is 0. The van der Waals surface area contributed by atoms with Crippen molar-refractivity contribution in [2.24, 2.45) is 0 Å². The zero-order chi connectivity index (χ0) is 17.2. The lowest BCUT2D eigenvalue weighted by Crippen LogP contribution is -2.10. The van der Waals surface area contributed by atoms with E-state index >= 15 is 0 Å². The number of benzene rings is 2. The van der Waals surface area contributed by atoms with E-state index in [1.807, 2.05) is 73.4 Å². The first-order valence-corrected chi connectivity index (χ1v) is 8.63. The summed E-state index contributed by atoms with van der Waals surface area (Å²) in [4.78, 5) is 7.46. The van der Waals surface area contributed by atoms with Gasteiger partial charge in [0.05, 0.1) is 12.4 Å². The normalized spacial score (nSPS) is 12.2. The largest absolute Gasteiger partial charge is 0.367 e. The predicted octanol–water partition coefficient (Wildman–Crippen LogP) is 5.82. The van der Waals surface area contributed by atoms with Gasteiger partial charge in [-0.05, 0) is 35.4 Å². The van der Waals surface area contributed by atoms with Crippen molar-refractivity contribution >= 4 is 23.2 Å². The van der Waals surface area contributed by atoms with E-state index < -0.39 is 0 Å². The van der Waals surface area contributed by atoms with Gasteiger partial charge in [-0.15, -0.1) is 0 Å². The lowest BCUT2D eigenvalue weighted by atomic mass is 9.94. The summed E-state index contributed by atoms with van der Waals surface area (Å²) in [5.41, 5.74) is 4.53. The number of H-pyrrole nitrogens is 1. The Kier molecular flexibility index (Phi) is 4.35. The highest BCUT2D eigenvalue weighted by atomic mass is 35.5. The third-order valence-electron chi connectivity index (χ3n) is 4.24. The van der Waals surface area contributed by atoms with E-state index in [4.69, 9.17) is 23.2 Å². The minimum Gasteiger partial charge on any atom is -0.367 e. The van der Waals surface area contributed by atoms with Crippen LogP contribution in [0.1, 0.15) is 17.2 Å². The summed E-state index contributed by atoms with van der Waals surface area (Å²) in [7, 11) is 0. The van der Waals surface area contributed by atoms with E-state index in [0.29, 0.717) is 0 Å². The van der Waals surface area contributed by atoms with Crippen LogP contribution in [0.4, 0.5) is 0 Å². The number of aromatic amines is 1. The van der Waals surface area contributed by atoms with E-state index in [1.165, 1.54) is 0 Å². The van der Waals surface area contributed by atoms with Crippen molar-refractivity contribution < 1.29 is 0 Å². The fraction of sp³-hybridized carbons (Fsp3) is 0.0500. The van der Waals surface area contributed by atoms with Gasteiger partial charge in [0.2, 0.25) is 0 Å². The molecule has 0 aliphatic carbocycles. The molecule has 0 aliphatic heterocycles. The van der Waals surface area contributed by atoms with E-state index in [2.05, 4.69) is 14.5 Å². The van der Waals surface area contributed by atoms with Gasteiger partial charge in [-0.2, -0.15) is 0 Å². The van der Waals surface area contributed by atoms with E-state index in [9.17, 15) is 0 Å². The van der Waals surface area contributed by atoms with Crippen LogP contribution in [0.3, 0.4) is 0 Å². The molecule has 0 amide bonds. The Morgan fingerprint density at radius 3 is 2.20 bits per heavy atom. The number of aromatic nitrogens is 3. The summed E-state index contributed by atoms with van der Waals surface area (Å²) < 4.78 is 2.09. The van der Waals surface area contributed by atoms with Crippen molar-refractivity contribution in [3.05, 3.63) is 101 Å². The molecule has 25 heavy (non-hydrogen) atoms. The molecule has 5 heteroatoms. The second-order valence-electron chi connectivity index (χ2n) is 5.80. The van der Waals surface area contributed by atoms with Crippen LogP contribution in [0, 0.1) is 0 Å². The number of halogens is 2. The fourth-order valence-electron chi connectivity index (χ4n) is 3.06. The molecule has 0 fully saturated rings. The molecule has 0 saturated heterocycles. The van der Waals surface area contributed by atoms with Crippen LogP contribution >= 0.6 is 23.2 Å². The molecular formula is C20H15Cl2N3. The third-order valence-corrected chi connectivity index (χ3v) is 4.74. The van der Waals surface area contributed by atoms with Crippen molar-refractivity contribution in [3.8, 4) is 11.1 Å². The highest BCUT2D eigenvalue weighted by molar-refractivity contribution is 6.30. The number of hydrogen-bond acceptors (Lipinski definition) is 1. The van der Waals surface area contributed by atoms with Gasteiger partial charge in [0.25, 0.3) is 0 Å². The predicted molar refractivity (Wildman–Crippen MR) is 102 cm³/mol. The maximum atomic E-state index is 6.07. The zero-order valence-electron chi connectivity index (χ0n) is 13.2. The second kappa shape index (κ2) is 6.79. The Hall–Kier alpha value is -2.49. The topological polar surface area (TPSA) is 33.6 Å². The molecule has 3 nitrogen and oxygen atoms in total. The van der Waals surface area contributed by atoms with Crippen molar-refractivity contribution in [3.63, 3.8) is 0 Å². The molecule has 4 rings (SSSR count). The summed E-state index contributed by atoms with van der Waals surface area (Å²) in [6, 6.07) is 15.8. The van der Waals surface area contributed by atoms with Crippen LogP contribution in [-0.2, 0) is 0 Å². The number of nitrogens with zero attached hydrogens (tertiary/aromatic N) is 2. The van der Waals surface area contributed by atoms with Gasteiger partial charge >= 0.3 is 0 Å². The second-order valence-corrected chi connectivity index (χ2v) is 6.67. The van der Waals surface area contributed by atoms with Crippen LogP contribution in [0.2, 0.25) is 10.0 Å². The molecule has 0 unspecified atom stereocenters. The first-order valence-electron chi connectivity index (χ1n) is 7.88. The molecule has 0 saturated carbocycles. The number of imidazole rings is 1. The molecule has 124 valence electrons. The molecule has 0 radical (unpaired) electrons. The quantitative estimate of drug-likeness (QED) is 0.484.